The van der Waals surface area contributed by atoms with Gasteiger partial charge in [-0.25, -0.2) is 0 Å². The molecule has 0 aromatic rings. The molecule has 2 saturated carbocycles. The quantitative estimate of drug-likeness (QED) is 0.797. The van der Waals surface area contributed by atoms with Crippen molar-refractivity contribution in [2.75, 3.05) is 0 Å². The molecule has 24 heavy (non-hydrogen) atoms. The average molecular weight is 338 g/mol. The first kappa shape index (κ1) is 19.4. The fourth-order valence-electron chi connectivity index (χ4n) is 5.52. The number of hydrogen-bond acceptors (Lipinski definition) is 3. The molecule has 0 unspecified atom stereocenters. The predicted molar refractivity (Wildman–Crippen MR) is 93.5 cm³/mol. The second-order valence-electron chi connectivity index (χ2n) is 9.12. The largest absolute Gasteiger partial charge is 0.481 e. The minimum atomic E-state index is -0.834. The topological polar surface area (TPSA) is 74.6 Å². The summed E-state index contributed by atoms with van der Waals surface area (Å²) in [5.74, 6) is 0.168. The molecule has 138 valence electrons. The molecule has 0 aromatic carbocycles. The van der Waals surface area contributed by atoms with E-state index in [9.17, 15) is 14.7 Å². The number of aliphatic hydroxyl groups is 1. The molecule has 0 aliphatic heterocycles. The third-order valence-corrected chi connectivity index (χ3v) is 7.74. The van der Waals surface area contributed by atoms with Gasteiger partial charge in [0.05, 0.1) is 0 Å². The van der Waals surface area contributed by atoms with Crippen LogP contribution in [0.5, 0.6) is 0 Å². The molecule has 0 amide bonds. The Labute approximate surface area is 146 Å². The van der Waals surface area contributed by atoms with Crippen LogP contribution in [0.2, 0.25) is 0 Å². The van der Waals surface area contributed by atoms with Crippen molar-refractivity contribution < 1.29 is 19.8 Å². The minimum Gasteiger partial charge on any atom is -0.481 e. The Morgan fingerprint density at radius 3 is 2.54 bits per heavy atom. The van der Waals surface area contributed by atoms with Crippen LogP contribution >= 0.6 is 0 Å². The summed E-state index contributed by atoms with van der Waals surface area (Å²) >= 11 is 0. The molecule has 7 atom stereocenters. The van der Waals surface area contributed by atoms with Gasteiger partial charge in [0.15, 0.2) is 5.78 Å². The van der Waals surface area contributed by atoms with Crippen LogP contribution in [0.4, 0.5) is 0 Å². The highest BCUT2D eigenvalue weighted by molar-refractivity contribution is 5.86. The van der Waals surface area contributed by atoms with E-state index in [-0.39, 0.29) is 34.9 Å². The van der Waals surface area contributed by atoms with E-state index in [1.54, 1.807) is 0 Å². The molecule has 2 aliphatic carbocycles. The van der Waals surface area contributed by atoms with Gasteiger partial charge in [0, 0.05) is 12.3 Å². The summed E-state index contributed by atoms with van der Waals surface area (Å²) in [5.41, 5.74) is 0.00329. The number of Topliss-reactive ketones (excluding diaryl/α,β-unsaturated/α-hetero) is 1. The number of rotatable bonds is 5. The van der Waals surface area contributed by atoms with Gasteiger partial charge >= 0.3 is 5.97 Å². The smallest absolute Gasteiger partial charge is 0.303 e. The number of carboxylic acid groups (broad SMARTS) is 1. The third-order valence-electron chi connectivity index (χ3n) is 7.74. The van der Waals surface area contributed by atoms with Gasteiger partial charge in [-0.1, -0.05) is 34.6 Å². The molecule has 2 N–H and O–H groups in total. The van der Waals surface area contributed by atoms with Crippen LogP contribution in [0, 0.1) is 34.5 Å². The summed E-state index contributed by atoms with van der Waals surface area (Å²) in [5, 5.41) is 19.3. The average Bonchev–Trinajstić information content (AvgIpc) is 2.50. The molecule has 4 heteroatoms. The molecular weight excluding hydrogens is 304 g/mol. The molecule has 0 bridgehead atoms. The summed E-state index contributed by atoms with van der Waals surface area (Å²) in [4.78, 5) is 23.3. The van der Waals surface area contributed by atoms with Crippen LogP contribution in [0.1, 0.15) is 73.1 Å². The molecule has 2 aliphatic rings. The van der Waals surface area contributed by atoms with Crippen molar-refractivity contribution in [2.24, 2.45) is 34.5 Å². The number of fused-ring (bicyclic) bond motifs is 1. The van der Waals surface area contributed by atoms with Gasteiger partial charge in [-0.2, -0.15) is 0 Å². The lowest BCUT2D eigenvalue weighted by molar-refractivity contribution is -0.165. The zero-order valence-corrected chi connectivity index (χ0v) is 15.8. The van der Waals surface area contributed by atoms with Crippen LogP contribution in [0.25, 0.3) is 0 Å². The second-order valence-corrected chi connectivity index (χ2v) is 9.12. The second kappa shape index (κ2) is 6.78. The summed E-state index contributed by atoms with van der Waals surface area (Å²) in [7, 11) is 0. The summed E-state index contributed by atoms with van der Waals surface area (Å²) in [6, 6.07) is 0. The van der Waals surface area contributed by atoms with Crippen LogP contribution in [-0.2, 0) is 9.59 Å². The molecule has 2 fully saturated rings. The molecular formula is C20H34O4. The number of carbonyl (C=O) groups excluding carboxylic acids is 1. The Bertz CT molecular complexity index is 502. The van der Waals surface area contributed by atoms with Gasteiger partial charge in [0.1, 0.15) is 6.10 Å². The van der Waals surface area contributed by atoms with Crippen molar-refractivity contribution in [3.05, 3.63) is 0 Å². The van der Waals surface area contributed by atoms with Crippen molar-refractivity contribution in [3.63, 3.8) is 0 Å². The Balaban J connectivity index is 2.22. The lowest BCUT2D eigenvalue weighted by Gasteiger charge is -2.60. The molecule has 0 spiro atoms. The predicted octanol–water partition coefficient (Wildman–Crippen LogP) is 3.91. The summed E-state index contributed by atoms with van der Waals surface area (Å²) in [6.45, 7) is 10.8. The summed E-state index contributed by atoms with van der Waals surface area (Å²) in [6.07, 6.45) is 3.94. The number of aliphatic hydroxyl groups excluding tert-OH is 1. The first-order valence-electron chi connectivity index (χ1n) is 9.46. The van der Waals surface area contributed by atoms with Gasteiger partial charge in [-0.05, 0) is 60.7 Å². The Hall–Kier alpha value is -0.900. The van der Waals surface area contributed by atoms with Crippen molar-refractivity contribution in [1.82, 2.24) is 0 Å². The van der Waals surface area contributed by atoms with Crippen LogP contribution in [0.3, 0.4) is 0 Å². The Morgan fingerprint density at radius 1 is 1.33 bits per heavy atom. The Kier molecular flexibility index (Phi) is 5.49. The number of carboxylic acids is 1. The van der Waals surface area contributed by atoms with Crippen molar-refractivity contribution in [1.29, 1.82) is 0 Å². The molecule has 0 radical (unpaired) electrons. The van der Waals surface area contributed by atoms with Crippen LogP contribution in [0.15, 0.2) is 0 Å². The van der Waals surface area contributed by atoms with Gasteiger partial charge in [0.2, 0.25) is 0 Å². The monoisotopic (exact) mass is 338 g/mol. The SMILES string of the molecule is C[C@@H](CC[C@]1(C)[C@H]2C[C@H](O)C(=O)[C@H](C)[C@@]2(C)CC[C@H]1C)CC(=O)O. The summed E-state index contributed by atoms with van der Waals surface area (Å²) < 4.78 is 0. The number of hydrogen-bond donors (Lipinski definition) is 2. The van der Waals surface area contributed by atoms with E-state index in [0.29, 0.717) is 18.3 Å². The van der Waals surface area contributed by atoms with Gasteiger partial charge in [-0.3, -0.25) is 9.59 Å². The van der Waals surface area contributed by atoms with E-state index < -0.39 is 12.1 Å². The van der Waals surface area contributed by atoms with Gasteiger partial charge in [-0.15, -0.1) is 0 Å². The van der Waals surface area contributed by atoms with Crippen molar-refractivity contribution >= 4 is 11.8 Å². The first-order valence-corrected chi connectivity index (χ1v) is 9.46. The van der Waals surface area contributed by atoms with Crippen LogP contribution < -0.4 is 0 Å². The van der Waals surface area contributed by atoms with Crippen LogP contribution in [-0.4, -0.2) is 28.1 Å². The van der Waals surface area contributed by atoms with E-state index in [2.05, 4.69) is 20.8 Å². The van der Waals surface area contributed by atoms with Gasteiger partial charge < -0.3 is 10.2 Å². The molecule has 0 saturated heterocycles. The maximum Gasteiger partial charge on any atom is 0.303 e. The van der Waals surface area contributed by atoms with E-state index in [1.807, 2.05) is 13.8 Å². The van der Waals surface area contributed by atoms with E-state index in [0.717, 1.165) is 25.7 Å². The maximum absolute atomic E-state index is 12.3. The van der Waals surface area contributed by atoms with E-state index in [1.165, 1.54) is 0 Å². The fraction of sp³-hybridized carbons (Fsp3) is 0.900. The lowest BCUT2D eigenvalue weighted by Crippen LogP contribution is -2.58. The first-order chi connectivity index (χ1) is 11.0. The normalized spacial score (nSPS) is 44.0. The lowest BCUT2D eigenvalue weighted by atomic mass is 9.44. The van der Waals surface area contributed by atoms with E-state index >= 15 is 0 Å². The highest BCUT2D eigenvalue weighted by Gasteiger charge is 2.58. The maximum atomic E-state index is 12.3. The third kappa shape index (κ3) is 3.26. The molecule has 0 heterocycles. The van der Waals surface area contributed by atoms with E-state index in [4.69, 9.17) is 5.11 Å². The minimum absolute atomic E-state index is 0.00454. The standard InChI is InChI=1S/C20H34O4/c1-12(10-17(22)23)6-8-19(4)13(2)7-9-20(5)14(3)18(24)15(21)11-16(19)20/h12-16,21H,6-11H2,1-5H3,(H,22,23)/t12-,13+,14-,15-,16+,19-,20+/m0/s1. The Morgan fingerprint density at radius 2 is 1.96 bits per heavy atom. The molecule has 2 rings (SSSR count). The van der Waals surface area contributed by atoms with Gasteiger partial charge in [0.25, 0.3) is 0 Å². The number of carbonyl (C=O) groups is 2. The highest BCUT2D eigenvalue weighted by atomic mass is 16.4. The molecule has 4 nitrogen and oxygen atoms in total. The number of aliphatic carboxylic acids is 1. The zero-order valence-electron chi connectivity index (χ0n) is 15.8. The van der Waals surface area contributed by atoms with Crippen molar-refractivity contribution in [3.8, 4) is 0 Å². The highest BCUT2D eigenvalue weighted by Crippen LogP contribution is 2.62. The zero-order chi connectivity index (χ0) is 18.3. The van der Waals surface area contributed by atoms with Crippen molar-refractivity contribution in [2.45, 2.75) is 79.2 Å². The number of ketones is 1. The molecule has 0 aromatic heterocycles. The fourth-order valence-corrected chi connectivity index (χ4v) is 5.52.